The molecule has 2 aliphatic rings. The number of hydrogen-bond acceptors (Lipinski definition) is 5. The Hall–Kier alpha value is -0.980. The molecule has 2 saturated heterocycles. The van der Waals surface area contributed by atoms with Crippen LogP contribution in [-0.2, 0) is 18.9 Å². The minimum atomic E-state index is -0.777. The fourth-order valence-electron chi connectivity index (χ4n) is 2.88. The van der Waals surface area contributed by atoms with E-state index < -0.39 is 24.3 Å². The van der Waals surface area contributed by atoms with E-state index in [9.17, 15) is 5.11 Å². The van der Waals surface area contributed by atoms with Crippen LogP contribution in [0.3, 0.4) is 0 Å². The Kier molecular flexibility index (Phi) is 3.56. The van der Waals surface area contributed by atoms with E-state index in [1.165, 1.54) is 0 Å². The highest BCUT2D eigenvalue weighted by molar-refractivity contribution is 5.20. The maximum absolute atomic E-state index is 10.5. The minimum absolute atomic E-state index is 0.321. The van der Waals surface area contributed by atoms with Gasteiger partial charge in [0, 0.05) is 7.11 Å². The van der Waals surface area contributed by atoms with E-state index in [1.807, 2.05) is 44.2 Å². The lowest BCUT2D eigenvalue weighted by molar-refractivity contribution is -0.237. The quantitative estimate of drug-likeness (QED) is 0.911. The molecular formula is C15H20O5. The van der Waals surface area contributed by atoms with Gasteiger partial charge in [-0.1, -0.05) is 30.3 Å². The van der Waals surface area contributed by atoms with Crippen LogP contribution in [-0.4, -0.2) is 42.6 Å². The summed E-state index contributed by atoms with van der Waals surface area (Å²) in [6, 6.07) is 9.41. The first-order valence-electron chi connectivity index (χ1n) is 6.79. The Morgan fingerprint density at radius 3 is 2.45 bits per heavy atom. The molecule has 110 valence electrons. The standard InChI is InChI=1S/C15H20O5/c1-15(2)19-12-11(18-14(17-3)13(12)20-15)10(16)9-7-5-4-6-8-9/h4-8,10-14,16H,1-3H3/t10-,11+,12+,13+,14?/m0/s1. The summed E-state index contributed by atoms with van der Waals surface area (Å²) in [6.07, 6.45) is -2.47. The molecule has 3 rings (SSSR count). The molecule has 0 aliphatic carbocycles. The summed E-state index contributed by atoms with van der Waals surface area (Å²) in [6.45, 7) is 3.70. The molecule has 0 saturated carbocycles. The van der Waals surface area contributed by atoms with Gasteiger partial charge in [-0.05, 0) is 19.4 Å². The number of hydrogen-bond donors (Lipinski definition) is 1. The van der Waals surface area contributed by atoms with E-state index in [0.29, 0.717) is 0 Å². The van der Waals surface area contributed by atoms with Gasteiger partial charge in [-0.3, -0.25) is 0 Å². The minimum Gasteiger partial charge on any atom is -0.386 e. The van der Waals surface area contributed by atoms with Crippen molar-refractivity contribution in [1.82, 2.24) is 0 Å². The SMILES string of the molecule is COC1O[C@H]([C@@H](O)c2ccccc2)[C@H]2OC(C)(C)O[C@@H]12. The zero-order valence-electron chi connectivity index (χ0n) is 11.9. The molecule has 1 aromatic carbocycles. The van der Waals surface area contributed by atoms with Gasteiger partial charge in [0.1, 0.15) is 24.4 Å². The van der Waals surface area contributed by atoms with Gasteiger partial charge in [-0.25, -0.2) is 0 Å². The maximum Gasteiger partial charge on any atom is 0.186 e. The number of methoxy groups -OCH3 is 1. The lowest BCUT2D eigenvalue weighted by atomic mass is 9.99. The molecule has 0 spiro atoms. The molecule has 1 unspecified atom stereocenters. The fraction of sp³-hybridized carbons (Fsp3) is 0.600. The van der Waals surface area contributed by atoms with Gasteiger partial charge in [-0.2, -0.15) is 0 Å². The van der Waals surface area contributed by atoms with Gasteiger partial charge in [0.15, 0.2) is 12.1 Å². The summed E-state index contributed by atoms with van der Waals surface area (Å²) in [5, 5.41) is 10.5. The van der Waals surface area contributed by atoms with Gasteiger partial charge in [-0.15, -0.1) is 0 Å². The smallest absolute Gasteiger partial charge is 0.186 e. The van der Waals surface area contributed by atoms with Gasteiger partial charge in [0.25, 0.3) is 0 Å². The highest BCUT2D eigenvalue weighted by Gasteiger charge is 2.57. The van der Waals surface area contributed by atoms with Gasteiger partial charge in [0.2, 0.25) is 0 Å². The third-order valence-corrected chi connectivity index (χ3v) is 3.73. The molecule has 0 bridgehead atoms. The molecule has 5 atom stereocenters. The van der Waals surface area contributed by atoms with Gasteiger partial charge in [0.05, 0.1) is 0 Å². The summed E-state index contributed by atoms with van der Waals surface area (Å²) >= 11 is 0. The summed E-state index contributed by atoms with van der Waals surface area (Å²) in [7, 11) is 1.56. The molecule has 5 heteroatoms. The first kappa shape index (κ1) is 14.0. The zero-order chi connectivity index (χ0) is 14.3. The van der Waals surface area contributed by atoms with Crippen LogP contribution in [0.5, 0.6) is 0 Å². The summed E-state index contributed by atoms with van der Waals surface area (Å²) < 4.78 is 22.7. The van der Waals surface area contributed by atoms with E-state index in [1.54, 1.807) is 7.11 Å². The van der Waals surface area contributed by atoms with E-state index in [4.69, 9.17) is 18.9 Å². The van der Waals surface area contributed by atoms with Crippen LogP contribution in [0.25, 0.3) is 0 Å². The fourth-order valence-corrected chi connectivity index (χ4v) is 2.88. The summed E-state index contributed by atoms with van der Waals surface area (Å²) in [5.41, 5.74) is 0.793. The Balaban J connectivity index is 1.83. The normalized spacial score (nSPS) is 36.8. The molecule has 2 fully saturated rings. The van der Waals surface area contributed by atoms with Crippen molar-refractivity contribution < 1.29 is 24.1 Å². The lowest BCUT2D eigenvalue weighted by Crippen LogP contribution is -2.34. The summed E-state index contributed by atoms with van der Waals surface area (Å²) in [5.74, 6) is -0.690. The van der Waals surface area contributed by atoms with Crippen molar-refractivity contribution >= 4 is 0 Å². The van der Waals surface area contributed by atoms with Crippen LogP contribution < -0.4 is 0 Å². The molecule has 5 nitrogen and oxygen atoms in total. The van der Waals surface area contributed by atoms with Crippen LogP contribution in [0.15, 0.2) is 30.3 Å². The molecule has 2 aliphatic heterocycles. The number of fused-ring (bicyclic) bond motifs is 1. The maximum atomic E-state index is 10.5. The highest BCUT2D eigenvalue weighted by atomic mass is 16.8. The number of benzene rings is 1. The predicted octanol–water partition coefficient (Wildman–Crippen LogP) is 1.61. The van der Waals surface area contributed by atoms with Gasteiger partial charge < -0.3 is 24.1 Å². The van der Waals surface area contributed by atoms with Crippen molar-refractivity contribution in [2.24, 2.45) is 0 Å². The molecule has 1 aromatic rings. The highest BCUT2D eigenvalue weighted by Crippen LogP contribution is 2.42. The third kappa shape index (κ3) is 2.36. The first-order valence-corrected chi connectivity index (χ1v) is 6.79. The first-order chi connectivity index (χ1) is 9.52. The van der Waals surface area contributed by atoms with Crippen LogP contribution in [0.4, 0.5) is 0 Å². The Labute approximate surface area is 118 Å². The topological polar surface area (TPSA) is 57.2 Å². The predicted molar refractivity (Wildman–Crippen MR) is 70.9 cm³/mol. The van der Waals surface area contributed by atoms with E-state index in [2.05, 4.69) is 0 Å². The zero-order valence-corrected chi connectivity index (χ0v) is 11.9. The van der Waals surface area contributed by atoms with Crippen molar-refractivity contribution in [2.75, 3.05) is 7.11 Å². The number of rotatable bonds is 3. The second-order valence-corrected chi connectivity index (χ2v) is 5.63. The second-order valence-electron chi connectivity index (χ2n) is 5.63. The van der Waals surface area contributed by atoms with Crippen LogP contribution in [0, 0.1) is 0 Å². The van der Waals surface area contributed by atoms with Crippen molar-refractivity contribution in [3.63, 3.8) is 0 Å². The van der Waals surface area contributed by atoms with Gasteiger partial charge >= 0.3 is 0 Å². The van der Waals surface area contributed by atoms with Crippen LogP contribution in [0.1, 0.15) is 25.5 Å². The van der Waals surface area contributed by atoms with Crippen molar-refractivity contribution in [3.05, 3.63) is 35.9 Å². The lowest BCUT2D eigenvalue weighted by Gasteiger charge is -2.26. The number of aliphatic hydroxyl groups is 1. The van der Waals surface area contributed by atoms with Crippen molar-refractivity contribution in [2.45, 2.75) is 50.3 Å². The largest absolute Gasteiger partial charge is 0.386 e. The van der Waals surface area contributed by atoms with E-state index in [0.717, 1.165) is 5.56 Å². The molecule has 20 heavy (non-hydrogen) atoms. The average Bonchev–Trinajstić information content (AvgIpc) is 2.92. The van der Waals surface area contributed by atoms with Crippen LogP contribution in [0.2, 0.25) is 0 Å². The monoisotopic (exact) mass is 280 g/mol. The van der Waals surface area contributed by atoms with E-state index >= 15 is 0 Å². The average molecular weight is 280 g/mol. The Morgan fingerprint density at radius 1 is 1.15 bits per heavy atom. The molecule has 1 N–H and O–H groups in total. The summed E-state index contributed by atoms with van der Waals surface area (Å²) in [4.78, 5) is 0. The Morgan fingerprint density at radius 2 is 1.80 bits per heavy atom. The number of aliphatic hydroxyl groups excluding tert-OH is 1. The van der Waals surface area contributed by atoms with Crippen molar-refractivity contribution in [3.8, 4) is 0 Å². The Bertz CT molecular complexity index is 461. The molecule has 2 heterocycles. The molecular weight excluding hydrogens is 260 g/mol. The number of ether oxygens (including phenoxy) is 4. The van der Waals surface area contributed by atoms with Crippen molar-refractivity contribution in [1.29, 1.82) is 0 Å². The third-order valence-electron chi connectivity index (χ3n) is 3.73. The second kappa shape index (κ2) is 5.09. The molecule has 0 radical (unpaired) electrons. The molecule has 0 aromatic heterocycles. The van der Waals surface area contributed by atoms with Crippen LogP contribution >= 0.6 is 0 Å². The van der Waals surface area contributed by atoms with E-state index in [-0.39, 0.29) is 12.2 Å². The molecule has 0 amide bonds.